The Morgan fingerprint density at radius 2 is 0.859 bits per heavy atom. The highest BCUT2D eigenvalue weighted by Crippen LogP contribution is 2.30. The summed E-state index contributed by atoms with van der Waals surface area (Å²) in [7, 11) is 1.51. The van der Waals surface area contributed by atoms with Crippen LogP contribution >= 0.6 is 0 Å². The number of nitrogens with one attached hydrogen (secondary N) is 6. The van der Waals surface area contributed by atoms with Gasteiger partial charge in [-0.1, -0.05) is 33.1 Å². The molecule has 3 aliphatic heterocycles. The molecule has 0 aromatic heterocycles. The maximum atomic E-state index is 14.4. The molecule has 15 N–H and O–H groups in total. The molecule has 0 spiro atoms. The van der Waals surface area contributed by atoms with E-state index in [0.717, 1.165) is 0 Å². The van der Waals surface area contributed by atoms with E-state index in [4.69, 9.17) is 28.4 Å². The van der Waals surface area contributed by atoms with Gasteiger partial charge < -0.3 is 106 Å². The number of carbonyl (C=O) groups excluding carboxylic acids is 9. The molecule has 3 heterocycles. The van der Waals surface area contributed by atoms with Crippen molar-refractivity contribution in [2.75, 3.05) is 92.6 Å². The number of aliphatic hydroxyl groups excluding tert-OH is 9. The Bertz CT molecular complexity index is 2350. The standard InChI is InChI=1S/C68H121N7O24/c1-44-51(97-52(41-76)63(90)61(44)88)25-9-10-28-57(85)70-33-16-13-24-50(82)49(23-12-15-32-71-58(86)29-19-22-47(80)30-38-94-4)75(40-59(87)73-35-20-34-72-56(84)27-7-5-17-36-95-67-45(2)62(89)64(91)53(42-77)98-67)39-48(81)21-11-14-31-69-55(83)26-8-6-18-37-96-68-60(74-46(3)79)66(93)65(92)54(43-78)99-68/h44-45,49,51-54,60-68,76-78,88-93H,5-43H2,1-4H3,(H,69,83)(H,70,85)(H,71,86)(H,72,84)(H,73,87)(H,74,79)/t44?,45?,49?,51-,52?,53?,54?,60?,61+,62+,63-,64-,65-,66+,67+,68+/m0/s1. The summed E-state index contributed by atoms with van der Waals surface area (Å²) in [4.78, 5) is 118. The van der Waals surface area contributed by atoms with Crippen molar-refractivity contribution in [3.8, 4) is 0 Å². The molecule has 0 aromatic rings. The number of unbranched alkanes of at least 4 members (excludes halogenated alkanes) is 8. The lowest BCUT2D eigenvalue weighted by molar-refractivity contribution is -0.282. The van der Waals surface area contributed by atoms with Crippen LogP contribution < -0.4 is 31.9 Å². The van der Waals surface area contributed by atoms with Crippen molar-refractivity contribution in [2.45, 2.75) is 273 Å². The van der Waals surface area contributed by atoms with Gasteiger partial charge in [-0.05, 0) is 96.3 Å². The Morgan fingerprint density at radius 1 is 0.414 bits per heavy atom. The number of hydrogen-bond donors (Lipinski definition) is 15. The lowest BCUT2D eigenvalue weighted by Crippen LogP contribution is -2.64. The SMILES string of the molecule is COCCC(=O)CCCC(=O)NCCCCC(C(=O)CCCCNC(=O)CCCC[C@@H]1OC(CO)[C@H](O)[C@H](O)C1C)N(CC(=O)CCCCNC(=O)CCCCCO[C@@H]1OC(CO)[C@H](O)[C@H](O)C1NC(C)=O)CC(=O)NCCCNC(=O)CCCCCO[C@@H]1OC(CO)[C@H](O)[C@H](O)C1C. The minimum atomic E-state index is -1.44. The highest BCUT2D eigenvalue weighted by atomic mass is 16.7. The number of hydrogen-bond acceptors (Lipinski definition) is 25. The fourth-order valence-electron chi connectivity index (χ4n) is 12.1. The number of ketones is 3. The topological polar surface area (TPSA) is 466 Å². The molecule has 31 nitrogen and oxygen atoms in total. The number of aliphatic hydroxyl groups is 9. The summed E-state index contributed by atoms with van der Waals surface area (Å²) in [6, 6.07) is -1.96. The number of amides is 6. The predicted molar refractivity (Wildman–Crippen MR) is 358 cm³/mol. The third kappa shape index (κ3) is 35.3. The first-order valence-electron chi connectivity index (χ1n) is 36.0. The molecule has 0 bridgehead atoms. The van der Waals surface area contributed by atoms with Gasteiger partial charge in [-0.15, -0.1) is 0 Å². The zero-order chi connectivity index (χ0) is 73.1. The molecular formula is C68H121N7O24. The highest BCUT2D eigenvalue weighted by molar-refractivity contribution is 5.88. The Hall–Kier alpha value is -4.81. The average Bonchev–Trinajstić information content (AvgIpc) is 0.659. The van der Waals surface area contributed by atoms with Gasteiger partial charge in [0, 0.05) is 123 Å². The van der Waals surface area contributed by atoms with E-state index in [9.17, 15) is 89.1 Å². The first-order valence-corrected chi connectivity index (χ1v) is 36.0. The van der Waals surface area contributed by atoms with Crippen LogP contribution in [0, 0.1) is 11.8 Å². The molecule has 3 saturated heterocycles. The maximum absolute atomic E-state index is 14.4. The van der Waals surface area contributed by atoms with Crippen molar-refractivity contribution in [1.29, 1.82) is 0 Å². The summed E-state index contributed by atoms with van der Waals surface area (Å²) in [5, 5.41) is 107. The van der Waals surface area contributed by atoms with E-state index >= 15 is 0 Å². The molecule has 7 unspecified atom stereocenters. The summed E-state index contributed by atoms with van der Waals surface area (Å²) in [6.07, 6.45) is -2.59. The van der Waals surface area contributed by atoms with Crippen LogP contribution in [0.5, 0.6) is 0 Å². The molecule has 99 heavy (non-hydrogen) atoms. The van der Waals surface area contributed by atoms with E-state index < -0.39 is 123 Å². The molecule has 0 aliphatic carbocycles. The van der Waals surface area contributed by atoms with Gasteiger partial charge >= 0.3 is 0 Å². The van der Waals surface area contributed by atoms with Crippen molar-refractivity contribution in [1.82, 2.24) is 36.8 Å². The molecule has 572 valence electrons. The zero-order valence-corrected chi connectivity index (χ0v) is 58.9. The van der Waals surface area contributed by atoms with E-state index in [0.29, 0.717) is 116 Å². The predicted octanol–water partition coefficient (Wildman–Crippen LogP) is -1.10. The van der Waals surface area contributed by atoms with Crippen molar-refractivity contribution >= 4 is 52.8 Å². The summed E-state index contributed by atoms with van der Waals surface area (Å²) < 4.78 is 33.5. The highest BCUT2D eigenvalue weighted by Gasteiger charge is 2.46. The second kappa shape index (κ2) is 51.4. The normalized spacial score (nSPS) is 25.7. The summed E-state index contributed by atoms with van der Waals surface area (Å²) in [5.74, 6) is -3.06. The Kier molecular flexibility index (Phi) is 45.9. The third-order valence-electron chi connectivity index (χ3n) is 18.2. The number of nitrogens with zero attached hydrogens (tertiary/aromatic N) is 1. The zero-order valence-electron chi connectivity index (χ0n) is 58.9. The minimum Gasteiger partial charge on any atom is -0.394 e. The quantitative estimate of drug-likeness (QED) is 0.0322. The van der Waals surface area contributed by atoms with Crippen molar-refractivity contribution in [2.24, 2.45) is 11.8 Å². The smallest absolute Gasteiger partial charge is 0.234 e. The van der Waals surface area contributed by atoms with Crippen molar-refractivity contribution < 1.29 is 118 Å². The largest absolute Gasteiger partial charge is 0.394 e. The van der Waals surface area contributed by atoms with E-state index in [1.54, 1.807) is 18.7 Å². The summed E-state index contributed by atoms with van der Waals surface area (Å²) >= 11 is 0. The van der Waals surface area contributed by atoms with Gasteiger partial charge in [-0.25, -0.2) is 0 Å². The van der Waals surface area contributed by atoms with Crippen LogP contribution in [0.15, 0.2) is 0 Å². The number of Topliss-reactive ketones (excluding diaryl/α,β-unsaturated/α-hetero) is 3. The van der Waals surface area contributed by atoms with Gasteiger partial charge in [-0.2, -0.15) is 0 Å². The molecule has 16 atom stereocenters. The summed E-state index contributed by atoms with van der Waals surface area (Å²) in [6.45, 7) is 4.67. The monoisotopic (exact) mass is 1420 g/mol. The summed E-state index contributed by atoms with van der Waals surface area (Å²) in [5.41, 5.74) is 0. The molecule has 0 saturated carbocycles. The number of carbonyl (C=O) groups is 9. The van der Waals surface area contributed by atoms with Crippen LogP contribution in [0.25, 0.3) is 0 Å². The number of ether oxygens (including phenoxy) is 6. The van der Waals surface area contributed by atoms with Gasteiger partial charge in [0.05, 0.1) is 63.9 Å². The van der Waals surface area contributed by atoms with Crippen LogP contribution in [0.3, 0.4) is 0 Å². The molecule has 3 fully saturated rings. The van der Waals surface area contributed by atoms with Gasteiger partial charge in [0.2, 0.25) is 35.4 Å². The van der Waals surface area contributed by atoms with Gasteiger partial charge in [0.1, 0.15) is 66.1 Å². The second-order valence-corrected chi connectivity index (χ2v) is 26.4. The van der Waals surface area contributed by atoms with E-state index in [2.05, 4.69) is 31.9 Å². The van der Waals surface area contributed by atoms with Crippen LogP contribution in [-0.2, 0) is 71.6 Å². The molecular weight excluding hydrogens is 1300 g/mol. The van der Waals surface area contributed by atoms with Gasteiger partial charge in [0.15, 0.2) is 12.6 Å². The van der Waals surface area contributed by atoms with Crippen molar-refractivity contribution in [3.05, 3.63) is 0 Å². The Labute approximate surface area is 583 Å². The van der Waals surface area contributed by atoms with Gasteiger partial charge in [0.25, 0.3) is 0 Å². The van der Waals surface area contributed by atoms with Crippen LogP contribution in [0.4, 0.5) is 0 Å². The number of methoxy groups -OCH3 is 1. The van der Waals surface area contributed by atoms with Crippen LogP contribution in [0.2, 0.25) is 0 Å². The first kappa shape index (κ1) is 88.4. The maximum Gasteiger partial charge on any atom is 0.234 e. The van der Waals surface area contributed by atoms with Crippen LogP contribution in [0.1, 0.15) is 188 Å². The molecule has 3 rings (SSSR count). The van der Waals surface area contributed by atoms with Gasteiger partial charge in [-0.3, -0.25) is 48.1 Å². The fraction of sp³-hybridized carbons (Fsp3) is 0.868. The second-order valence-electron chi connectivity index (χ2n) is 26.4. The molecule has 0 radical (unpaired) electrons. The average molecular weight is 1420 g/mol. The molecule has 31 heteroatoms. The van der Waals surface area contributed by atoms with Crippen LogP contribution in [-0.4, -0.2) is 282 Å². The lowest BCUT2D eigenvalue weighted by atomic mass is 9.86. The third-order valence-corrected chi connectivity index (χ3v) is 18.2. The first-order chi connectivity index (χ1) is 47.5. The van der Waals surface area contributed by atoms with E-state index in [1.165, 1.54) is 14.0 Å². The van der Waals surface area contributed by atoms with E-state index in [-0.39, 0.29) is 164 Å². The Balaban J connectivity index is 1.58. The molecule has 0 aromatic carbocycles. The Morgan fingerprint density at radius 3 is 1.40 bits per heavy atom. The van der Waals surface area contributed by atoms with E-state index in [1.807, 2.05) is 0 Å². The molecule has 3 aliphatic rings. The lowest BCUT2D eigenvalue weighted by Gasteiger charge is -2.42. The minimum absolute atomic E-state index is 0.000570. The molecule has 6 amide bonds. The number of rotatable bonds is 55. The van der Waals surface area contributed by atoms with Crippen molar-refractivity contribution in [3.63, 3.8) is 0 Å². The fourth-order valence-corrected chi connectivity index (χ4v) is 12.1.